The van der Waals surface area contributed by atoms with Gasteiger partial charge in [0.2, 0.25) is 0 Å². The summed E-state index contributed by atoms with van der Waals surface area (Å²) in [6.45, 7) is 2.18. The molecule has 1 saturated heterocycles. The Bertz CT molecular complexity index is 431. The van der Waals surface area contributed by atoms with Crippen molar-refractivity contribution in [1.82, 2.24) is 5.32 Å². The van der Waals surface area contributed by atoms with E-state index in [1.807, 2.05) is 18.2 Å². The van der Waals surface area contributed by atoms with Crippen LogP contribution in [0.4, 0.5) is 0 Å². The van der Waals surface area contributed by atoms with Gasteiger partial charge in [-0.05, 0) is 36.1 Å². The second-order valence-corrected chi connectivity index (χ2v) is 5.51. The molecule has 3 atom stereocenters. The molecule has 0 bridgehead atoms. The molecule has 1 aromatic carbocycles. The van der Waals surface area contributed by atoms with Gasteiger partial charge in [0, 0.05) is 18.6 Å². The molecule has 0 spiro atoms. The first-order valence-electron chi connectivity index (χ1n) is 5.47. The van der Waals surface area contributed by atoms with Gasteiger partial charge in [0.25, 0.3) is 0 Å². The summed E-state index contributed by atoms with van der Waals surface area (Å²) in [6.07, 6.45) is 0. The van der Waals surface area contributed by atoms with Crippen molar-refractivity contribution in [3.63, 3.8) is 0 Å². The van der Waals surface area contributed by atoms with E-state index in [1.54, 1.807) is 0 Å². The number of rotatable bonds is 2. The zero-order valence-corrected chi connectivity index (χ0v) is 10.2. The standard InChI is InChI=1S/C12H13Cl2NO/c13-10-2-1-7(3-11(10)14)12-6-15-4-8(12)9(12)5-16/h1-3,8-9,15-16H,4-6H2/t8-,9+,12+/m0/s1. The van der Waals surface area contributed by atoms with Gasteiger partial charge in [0.15, 0.2) is 0 Å². The monoisotopic (exact) mass is 257 g/mol. The molecular weight excluding hydrogens is 245 g/mol. The first kappa shape index (κ1) is 10.8. The summed E-state index contributed by atoms with van der Waals surface area (Å²) in [5, 5.41) is 13.9. The summed E-state index contributed by atoms with van der Waals surface area (Å²) < 4.78 is 0. The third-order valence-corrected chi connectivity index (χ3v) is 4.87. The van der Waals surface area contributed by atoms with E-state index in [1.165, 1.54) is 5.56 Å². The van der Waals surface area contributed by atoms with Gasteiger partial charge in [-0.25, -0.2) is 0 Å². The normalized spacial score (nSPS) is 36.2. The number of aliphatic hydroxyl groups excluding tert-OH is 1. The Morgan fingerprint density at radius 2 is 2.19 bits per heavy atom. The Balaban J connectivity index is 2.00. The summed E-state index contributed by atoms with van der Waals surface area (Å²) in [7, 11) is 0. The molecule has 0 radical (unpaired) electrons. The van der Waals surface area contributed by atoms with Crippen LogP contribution >= 0.6 is 23.2 Å². The van der Waals surface area contributed by atoms with Gasteiger partial charge in [-0.15, -0.1) is 0 Å². The minimum atomic E-state index is 0.100. The van der Waals surface area contributed by atoms with Crippen LogP contribution in [0.1, 0.15) is 5.56 Å². The van der Waals surface area contributed by atoms with Crippen molar-refractivity contribution in [1.29, 1.82) is 0 Å². The third-order valence-electron chi connectivity index (χ3n) is 4.14. The van der Waals surface area contributed by atoms with Crippen LogP contribution in [0.5, 0.6) is 0 Å². The number of hydrogen-bond donors (Lipinski definition) is 2. The first-order valence-corrected chi connectivity index (χ1v) is 6.23. The van der Waals surface area contributed by atoms with E-state index >= 15 is 0 Å². The summed E-state index contributed by atoms with van der Waals surface area (Å²) in [5.41, 5.74) is 1.30. The lowest BCUT2D eigenvalue weighted by Crippen LogP contribution is -2.24. The Kier molecular flexibility index (Phi) is 2.44. The zero-order valence-electron chi connectivity index (χ0n) is 8.71. The quantitative estimate of drug-likeness (QED) is 0.851. The predicted octanol–water partition coefficient (Wildman–Crippen LogP) is 2.07. The molecular formula is C12H13Cl2NO. The van der Waals surface area contributed by atoms with Crippen LogP contribution in [-0.2, 0) is 5.41 Å². The van der Waals surface area contributed by atoms with Crippen molar-refractivity contribution in [2.24, 2.45) is 11.8 Å². The SMILES string of the molecule is OC[C@@H]1[C@@H]2CNC[C@]12c1ccc(Cl)c(Cl)c1. The fraction of sp³-hybridized carbons (Fsp3) is 0.500. The molecule has 1 heterocycles. The molecule has 0 unspecified atom stereocenters. The Labute approximate surface area is 105 Å². The molecule has 16 heavy (non-hydrogen) atoms. The number of fused-ring (bicyclic) bond motifs is 1. The van der Waals surface area contributed by atoms with Gasteiger partial charge >= 0.3 is 0 Å². The van der Waals surface area contributed by atoms with Crippen molar-refractivity contribution in [3.05, 3.63) is 33.8 Å². The molecule has 86 valence electrons. The maximum atomic E-state index is 9.38. The summed E-state index contributed by atoms with van der Waals surface area (Å²) >= 11 is 12.0. The van der Waals surface area contributed by atoms with Crippen LogP contribution in [0.25, 0.3) is 0 Å². The van der Waals surface area contributed by atoms with E-state index in [9.17, 15) is 5.11 Å². The lowest BCUT2D eigenvalue weighted by atomic mass is 9.93. The number of halogens is 2. The van der Waals surface area contributed by atoms with Crippen molar-refractivity contribution in [2.75, 3.05) is 19.7 Å². The minimum Gasteiger partial charge on any atom is -0.396 e. The van der Waals surface area contributed by atoms with Crippen LogP contribution in [0.15, 0.2) is 18.2 Å². The Morgan fingerprint density at radius 1 is 1.38 bits per heavy atom. The van der Waals surface area contributed by atoms with Crippen molar-refractivity contribution in [3.8, 4) is 0 Å². The molecule has 2 nitrogen and oxygen atoms in total. The van der Waals surface area contributed by atoms with E-state index in [0.29, 0.717) is 21.9 Å². The smallest absolute Gasteiger partial charge is 0.0595 e. The van der Waals surface area contributed by atoms with Gasteiger partial charge in [-0.1, -0.05) is 29.3 Å². The van der Waals surface area contributed by atoms with Crippen LogP contribution < -0.4 is 5.32 Å². The number of benzene rings is 1. The third kappa shape index (κ3) is 1.28. The van der Waals surface area contributed by atoms with Gasteiger partial charge < -0.3 is 10.4 Å². The molecule has 2 N–H and O–H groups in total. The van der Waals surface area contributed by atoms with E-state index < -0.39 is 0 Å². The van der Waals surface area contributed by atoms with Crippen LogP contribution in [0.2, 0.25) is 10.0 Å². The number of nitrogens with one attached hydrogen (secondary N) is 1. The molecule has 0 amide bonds. The Hall–Kier alpha value is -0.280. The van der Waals surface area contributed by atoms with E-state index in [2.05, 4.69) is 5.32 Å². The predicted molar refractivity (Wildman–Crippen MR) is 65.1 cm³/mol. The highest BCUT2D eigenvalue weighted by molar-refractivity contribution is 6.42. The minimum absolute atomic E-state index is 0.100. The van der Waals surface area contributed by atoms with Gasteiger partial charge in [0.1, 0.15) is 0 Å². The van der Waals surface area contributed by atoms with Crippen molar-refractivity contribution >= 4 is 23.2 Å². The molecule has 1 aliphatic heterocycles. The molecule has 2 aliphatic rings. The van der Waals surface area contributed by atoms with Gasteiger partial charge in [0.05, 0.1) is 10.0 Å². The molecule has 1 saturated carbocycles. The van der Waals surface area contributed by atoms with Crippen molar-refractivity contribution < 1.29 is 5.11 Å². The second kappa shape index (κ2) is 3.61. The number of piperidine rings is 1. The molecule has 1 aromatic rings. The Morgan fingerprint density at radius 3 is 2.81 bits per heavy atom. The summed E-state index contributed by atoms with van der Waals surface area (Å²) in [6, 6.07) is 5.82. The van der Waals surface area contributed by atoms with E-state index in [-0.39, 0.29) is 12.0 Å². The van der Waals surface area contributed by atoms with E-state index in [0.717, 1.165) is 13.1 Å². The summed E-state index contributed by atoms with van der Waals surface area (Å²) in [5.74, 6) is 0.931. The highest BCUT2D eigenvalue weighted by atomic mass is 35.5. The second-order valence-electron chi connectivity index (χ2n) is 4.70. The van der Waals surface area contributed by atoms with Gasteiger partial charge in [-0.3, -0.25) is 0 Å². The van der Waals surface area contributed by atoms with Crippen LogP contribution in [0.3, 0.4) is 0 Å². The first-order chi connectivity index (χ1) is 7.70. The lowest BCUT2D eigenvalue weighted by Gasteiger charge is -2.15. The largest absolute Gasteiger partial charge is 0.396 e. The van der Waals surface area contributed by atoms with Crippen LogP contribution in [-0.4, -0.2) is 24.8 Å². The number of aliphatic hydroxyl groups is 1. The topological polar surface area (TPSA) is 32.3 Å². The maximum absolute atomic E-state index is 9.38. The summed E-state index contributed by atoms with van der Waals surface area (Å²) in [4.78, 5) is 0. The fourth-order valence-electron chi connectivity index (χ4n) is 3.23. The average Bonchev–Trinajstić information content (AvgIpc) is 2.69. The lowest BCUT2D eigenvalue weighted by molar-refractivity contribution is 0.253. The highest BCUT2D eigenvalue weighted by Gasteiger charge is 2.67. The maximum Gasteiger partial charge on any atom is 0.0595 e. The molecule has 4 heteroatoms. The number of hydrogen-bond acceptors (Lipinski definition) is 2. The van der Waals surface area contributed by atoms with Crippen LogP contribution in [0, 0.1) is 11.8 Å². The van der Waals surface area contributed by atoms with E-state index in [4.69, 9.17) is 23.2 Å². The molecule has 2 fully saturated rings. The van der Waals surface area contributed by atoms with Crippen molar-refractivity contribution in [2.45, 2.75) is 5.41 Å². The molecule has 1 aliphatic carbocycles. The average molecular weight is 258 g/mol. The van der Waals surface area contributed by atoms with Gasteiger partial charge in [-0.2, -0.15) is 0 Å². The fourth-order valence-corrected chi connectivity index (χ4v) is 3.53. The molecule has 3 rings (SSSR count). The molecule has 0 aromatic heterocycles. The highest BCUT2D eigenvalue weighted by Crippen LogP contribution is 2.61. The zero-order chi connectivity index (χ0) is 11.3.